The minimum absolute atomic E-state index is 0.0913. The smallest absolute Gasteiger partial charge is 0.412 e. The van der Waals surface area contributed by atoms with Crippen LogP contribution in [0.3, 0.4) is 0 Å². The number of hydrogen-bond acceptors (Lipinski definition) is 5. The lowest BCUT2D eigenvalue weighted by Gasteiger charge is -2.02. The van der Waals surface area contributed by atoms with Gasteiger partial charge < -0.3 is 10.1 Å². The number of rotatable bonds is 5. The molecule has 0 unspecified atom stereocenters. The highest BCUT2D eigenvalue weighted by Crippen LogP contribution is 2.18. The Morgan fingerprint density at radius 1 is 1.56 bits per heavy atom. The highest BCUT2D eigenvalue weighted by atomic mass is 16.5. The molecule has 2 N–H and O–H groups in total. The molecule has 1 aliphatic rings. The van der Waals surface area contributed by atoms with Gasteiger partial charge in [0.25, 0.3) is 0 Å². The molecule has 0 spiro atoms. The van der Waals surface area contributed by atoms with Crippen molar-refractivity contribution in [3.63, 3.8) is 0 Å². The van der Waals surface area contributed by atoms with Crippen LogP contribution in [0, 0.1) is 0 Å². The summed E-state index contributed by atoms with van der Waals surface area (Å²) in [5.41, 5.74) is 0. The van der Waals surface area contributed by atoms with E-state index in [1.807, 2.05) is 0 Å². The summed E-state index contributed by atoms with van der Waals surface area (Å²) >= 11 is 0. The summed E-state index contributed by atoms with van der Waals surface area (Å²) in [5, 5.41) is 12.7. The summed E-state index contributed by atoms with van der Waals surface area (Å²) in [7, 11) is 0. The second-order valence-corrected chi connectivity index (χ2v) is 3.99. The van der Waals surface area contributed by atoms with E-state index in [9.17, 15) is 9.59 Å². The quantitative estimate of drug-likeness (QED) is 0.777. The lowest BCUT2D eigenvalue weighted by Crippen LogP contribution is -2.29. The standard InChI is InChI=1S/C10H15N5O3/c1-2-18-10(17)12-8-5-15(14-13-8)6-9(16)11-7-3-4-7/h5,7H,2-4,6H2,1H3,(H,11,16)(H,12,17). The van der Waals surface area contributed by atoms with E-state index in [0.29, 0.717) is 6.04 Å². The Hall–Kier alpha value is -2.12. The fourth-order valence-corrected chi connectivity index (χ4v) is 1.35. The van der Waals surface area contributed by atoms with Crippen LogP contribution in [-0.4, -0.2) is 39.6 Å². The van der Waals surface area contributed by atoms with Gasteiger partial charge in [0, 0.05) is 6.04 Å². The van der Waals surface area contributed by atoms with Crippen molar-refractivity contribution in [1.29, 1.82) is 0 Å². The Morgan fingerprint density at radius 2 is 2.33 bits per heavy atom. The summed E-state index contributed by atoms with van der Waals surface area (Å²) in [6, 6.07) is 0.318. The highest BCUT2D eigenvalue weighted by molar-refractivity contribution is 5.83. The van der Waals surface area contributed by atoms with Gasteiger partial charge in [0.15, 0.2) is 5.82 Å². The first-order chi connectivity index (χ1) is 8.67. The van der Waals surface area contributed by atoms with Crippen molar-refractivity contribution in [2.75, 3.05) is 11.9 Å². The van der Waals surface area contributed by atoms with Gasteiger partial charge in [-0.3, -0.25) is 10.1 Å². The lowest BCUT2D eigenvalue weighted by molar-refractivity contribution is -0.122. The van der Waals surface area contributed by atoms with Gasteiger partial charge in [-0.25, -0.2) is 9.48 Å². The van der Waals surface area contributed by atoms with E-state index in [4.69, 9.17) is 4.74 Å². The molecule has 8 heteroatoms. The molecule has 0 aliphatic heterocycles. The molecule has 98 valence electrons. The number of nitrogens with zero attached hydrogens (tertiary/aromatic N) is 3. The van der Waals surface area contributed by atoms with Crippen LogP contribution in [0.5, 0.6) is 0 Å². The number of hydrogen-bond donors (Lipinski definition) is 2. The molecule has 1 fully saturated rings. The normalized spacial score (nSPS) is 14.1. The second-order valence-electron chi connectivity index (χ2n) is 3.99. The first kappa shape index (κ1) is 12.3. The van der Waals surface area contributed by atoms with Crippen molar-refractivity contribution in [2.24, 2.45) is 0 Å². The number of aromatic nitrogens is 3. The highest BCUT2D eigenvalue weighted by Gasteiger charge is 2.23. The van der Waals surface area contributed by atoms with E-state index in [1.54, 1.807) is 6.92 Å². The molecule has 18 heavy (non-hydrogen) atoms. The number of ether oxygens (including phenoxy) is 1. The molecule has 0 bridgehead atoms. The monoisotopic (exact) mass is 253 g/mol. The number of carbonyl (C=O) groups excluding carboxylic acids is 2. The van der Waals surface area contributed by atoms with E-state index in [1.165, 1.54) is 10.9 Å². The van der Waals surface area contributed by atoms with Gasteiger partial charge in [0.2, 0.25) is 5.91 Å². The summed E-state index contributed by atoms with van der Waals surface area (Å²) in [4.78, 5) is 22.6. The fraction of sp³-hybridized carbons (Fsp3) is 0.600. The molecular weight excluding hydrogens is 238 g/mol. The van der Waals surface area contributed by atoms with Gasteiger partial charge >= 0.3 is 6.09 Å². The van der Waals surface area contributed by atoms with Crippen LogP contribution in [0.4, 0.5) is 10.6 Å². The Labute approximate surface area is 104 Å². The topological polar surface area (TPSA) is 98.1 Å². The van der Waals surface area contributed by atoms with Crippen molar-refractivity contribution in [3.05, 3.63) is 6.20 Å². The molecule has 1 aromatic heterocycles. The minimum atomic E-state index is -0.591. The number of carbonyl (C=O) groups is 2. The average Bonchev–Trinajstić information content (AvgIpc) is 3.00. The summed E-state index contributed by atoms with van der Waals surface area (Å²) in [6.07, 6.45) is 2.97. The van der Waals surface area contributed by atoms with E-state index in [-0.39, 0.29) is 24.9 Å². The molecule has 8 nitrogen and oxygen atoms in total. The van der Waals surface area contributed by atoms with Crippen LogP contribution in [0.2, 0.25) is 0 Å². The predicted molar refractivity (Wildman–Crippen MR) is 61.8 cm³/mol. The first-order valence-electron chi connectivity index (χ1n) is 5.80. The minimum Gasteiger partial charge on any atom is -0.450 e. The fourth-order valence-electron chi connectivity index (χ4n) is 1.35. The van der Waals surface area contributed by atoms with Gasteiger partial charge in [0.05, 0.1) is 12.8 Å². The molecule has 1 aliphatic carbocycles. The molecule has 0 aromatic carbocycles. The number of amides is 2. The molecule has 2 rings (SSSR count). The summed E-state index contributed by atoms with van der Waals surface area (Å²) < 4.78 is 6.05. The Bertz CT molecular complexity index is 440. The first-order valence-corrected chi connectivity index (χ1v) is 5.80. The third kappa shape index (κ3) is 3.72. The van der Waals surface area contributed by atoms with Crippen LogP contribution in [0.15, 0.2) is 6.20 Å². The van der Waals surface area contributed by atoms with Crippen molar-refractivity contribution < 1.29 is 14.3 Å². The molecule has 2 amide bonds. The molecular formula is C10H15N5O3. The summed E-state index contributed by atoms with van der Waals surface area (Å²) in [6.45, 7) is 2.08. The van der Waals surface area contributed by atoms with Crippen LogP contribution in [0.25, 0.3) is 0 Å². The summed E-state index contributed by atoms with van der Waals surface area (Å²) in [5.74, 6) is 0.151. The van der Waals surface area contributed by atoms with E-state index in [0.717, 1.165) is 12.8 Å². The maximum absolute atomic E-state index is 11.5. The van der Waals surface area contributed by atoms with Crippen LogP contribution in [0.1, 0.15) is 19.8 Å². The Morgan fingerprint density at radius 3 is 3.00 bits per heavy atom. The largest absolute Gasteiger partial charge is 0.450 e. The maximum Gasteiger partial charge on any atom is 0.412 e. The maximum atomic E-state index is 11.5. The van der Waals surface area contributed by atoms with E-state index >= 15 is 0 Å². The van der Waals surface area contributed by atoms with E-state index < -0.39 is 6.09 Å². The average molecular weight is 253 g/mol. The van der Waals surface area contributed by atoms with Gasteiger partial charge in [-0.15, -0.1) is 5.10 Å². The third-order valence-corrected chi connectivity index (χ3v) is 2.29. The zero-order valence-corrected chi connectivity index (χ0v) is 10.0. The van der Waals surface area contributed by atoms with Gasteiger partial charge in [-0.05, 0) is 19.8 Å². The van der Waals surface area contributed by atoms with Crippen molar-refractivity contribution in [2.45, 2.75) is 32.4 Å². The van der Waals surface area contributed by atoms with Crippen LogP contribution < -0.4 is 10.6 Å². The van der Waals surface area contributed by atoms with Crippen LogP contribution >= 0.6 is 0 Å². The molecule has 1 heterocycles. The molecule has 0 atom stereocenters. The number of anilines is 1. The molecule has 1 saturated carbocycles. The van der Waals surface area contributed by atoms with Gasteiger partial charge in [0.1, 0.15) is 6.54 Å². The van der Waals surface area contributed by atoms with Crippen molar-refractivity contribution in [1.82, 2.24) is 20.3 Å². The number of nitrogens with one attached hydrogen (secondary N) is 2. The third-order valence-electron chi connectivity index (χ3n) is 2.29. The second kappa shape index (κ2) is 5.48. The lowest BCUT2D eigenvalue weighted by atomic mass is 10.5. The Kier molecular flexibility index (Phi) is 3.75. The molecule has 0 radical (unpaired) electrons. The predicted octanol–water partition coefficient (Wildman–Crippen LogP) is 0.125. The molecule has 1 aromatic rings. The van der Waals surface area contributed by atoms with Gasteiger partial charge in [-0.2, -0.15) is 0 Å². The molecule has 0 saturated heterocycles. The van der Waals surface area contributed by atoms with Gasteiger partial charge in [-0.1, -0.05) is 5.21 Å². The van der Waals surface area contributed by atoms with E-state index in [2.05, 4.69) is 20.9 Å². The SMILES string of the molecule is CCOC(=O)Nc1cn(CC(=O)NC2CC2)nn1. The van der Waals surface area contributed by atoms with Crippen molar-refractivity contribution >= 4 is 17.8 Å². The zero-order chi connectivity index (χ0) is 13.0. The zero-order valence-electron chi connectivity index (χ0n) is 10.0. The van der Waals surface area contributed by atoms with Crippen LogP contribution in [-0.2, 0) is 16.1 Å². The Balaban J connectivity index is 1.81. The van der Waals surface area contributed by atoms with Crippen molar-refractivity contribution in [3.8, 4) is 0 Å².